The molecule has 2 unspecified atom stereocenters. The van der Waals surface area contributed by atoms with Gasteiger partial charge in [0.2, 0.25) is 0 Å². The van der Waals surface area contributed by atoms with E-state index in [0.717, 1.165) is 0 Å². The number of nitrogens with two attached hydrogens (primary N) is 2. The van der Waals surface area contributed by atoms with Gasteiger partial charge >= 0.3 is 47.8 Å². The van der Waals surface area contributed by atoms with Crippen LogP contribution < -0.4 is 27.9 Å². The van der Waals surface area contributed by atoms with Gasteiger partial charge in [-0.05, 0) is 114 Å². The first kappa shape index (κ1) is 99.5. The number of likely N-dealkylation sites (N-methyl/N-ethyl adjacent to an activating group) is 1. The maximum Gasteiger partial charge on any atom is 0.306 e. The summed E-state index contributed by atoms with van der Waals surface area (Å²) >= 11 is 0. The number of carbonyl (C=O) groups excluding carboxylic acids is 14. The Morgan fingerprint density at radius 1 is 0.294 bits per heavy atom. The molecule has 0 aromatic carbocycles. The fourth-order valence-corrected chi connectivity index (χ4v) is 9.12. The fourth-order valence-electron chi connectivity index (χ4n) is 9.12. The van der Waals surface area contributed by atoms with Crippen LogP contribution in [0.4, 0.5) is 0 Å². The summed E-state index contributed by atoms with van der Waals surface area (Å²) in [6, 6.07) is 0. The van der Waals surface area contributed by atoms with Crippen LogP contribution in [-0.4, -0.2) is 271 Å². The molecule has 109 heavy (non-hydrogen) atoms. The van der Waals surface area contributed by atoms with E-state index in [1.807, 2.05) is 0 Å². The Kier molecular flexibility index (Phi) is 49.5. The van der Waals surface area contributed by atoms with Crippen LogP contribution in [0.25, 0.3) is 0 Å². The molecule has 0 aromatic heterocycles. The first-order valence-corrected chi connectivity index (χ1v) is 35.4. The van der Waals surface area contributed by atoms with E-state index in [2.05, 4.69) is 45.3 Å². The number of amides is 2. The number of nitrogens with one attached hydrogen (secondary N) is 3. The third kappa shape index (κ3) is 45.2. The van der Waals surface area contributed by atoms with Crippen molar-refractivity contribution in [2.24, 2.45) is 62.5 Å². The Bertz CT molecular complexity index is 3230. The van der Waals surface area contributed by atoms with Crippen molar-refractivity contribution in [3.05, 3.63) is 0 Å². The third-order valence-corrected chi connectivity index (χ3v) is 16.8. The highest BCUT2D eigenvalue weighted by molar-refractivity contribution is 6.00. The molecule has 0 heterocycles. The number of ether oxygens (including phenoxy) is 8. The molecule has 0 aliphatic rings. The smallest absolute Gasteiger partial charge is 0.306 e. The van der Waals surface area contributed by atoms with Crippen molar-refractivity contribution in [2.45, 2.75) is 195 Å². The SMILES string of the molecule is CN=C(C)CCC(=O)OCC(COC(=O)CCC(C)=NC)(COC(=O)CCC(C)=NC)COC(=O)CCC(C)=NCC(=O)CC(O)(CC(=O)CN=C(C)CCC(=O)OCC(COC(=O)CCC(C)=NC)(COC(=O)CCC(C)=NC)COC(=O)CCC(C)=NCC(=O)CC(O)(CC(=O)CNC)C(=O)NN)C(=O)NN. The summed E-state index contributed by atoms with van der Waals surface area (Å²) in [7, 11) is 9.27. The van der Waals surface area contributed by atoms with Gasteiger partial charge in [-0.15, -0.1) is 0 Å². The molecular weight excluding hydrogens is 1430 g/mol. The standard InChI is InChI=1S/C72H115N13O24/c1-47(76-10)15-23-59(90)102-39-69(40-103-60(91)24-16-48(2)77-11,41-104-61(92)25-17-49(3)78-12)44-107-64(95)29-21-53(7)82-37-57(88)33-72(101,68(99)85-74)34-58(89)38-83-54(8)22-30-66(97)109-46-70(42-105-62(93)26-18-50(4)79-13,43-106-63(94)27-19-51(5)80-14)45-108-65(96)28-20-52(6)81-36-56(87)32-71(100,67(98)84-73)31-55(86)35-75-9/h75,100-101H,15-46,73-74H2,1-14H3,(H,84,98)(H,85,99). The quantitative estimate of drug-likeness (QED) is 0.0114. The van der Waals surface area contributed by atoms with Crippen molar-refractivity contribution in [3.63, 3.8) is 0 Å². The van der Waals surface area contributed by atoms with E-state index in [1.54, 1.807) is 80.7 Å². The Labute approximate surface area is 636 Å². The van der Waals surface area contributed by atoms with Crippen molar-refractivity contribution < 1.29 is 115 Å². The van der Waals surface area contributed by atoms with E-state index in [9.17, 15) is 77.3 Å². The first-order chi connectivity index (χ1) is 51.3. The molecule has 0 aliphatic carbocycles. The fraction of sp³-hybridized carbons (Fsp3) is 0.694. The number of nitrogens with zero attached hydrogens (tertiary/aromatic N) is 8. The molecule has 0 spiro atoms. The maximum absolute atomic E-state index is 13.5. The Hall–Kier alpha value is -9.46. The third-order valence-electron chi connectivity index (χ3n) is 16.8. The zero-order chi connectivity index (χ0) is 82.8. The number of Topliss-reactive ketones (excluding diaryl/α,β-unsaturated/α-hetero) is 4. The minimum absolute atomic E-state index is 0.0626. The zero-order valence-electron chi connectivity index (χ0n) is 65.7. The van der Waals surface area contributed by atoms with Crippen LogP contribution in [0.2, 0.25) is 0 Å². The lowest BCUT2D eigenvalue weighted by molar-refractivity contribution is -0.173. The Balaban J connectivity index is 6.45. The van der Waals surface area contributed by atoms with Gasteiger partial charge in [-0.2, -0.15) is 0 Å². The van der Waals surface area contributed by atoms with E-state index >= 15 is 0 Å². The van der Waals surface area contributed by atoms with Gasteiger partial charge in [0, 0.05) is 107 Å². The summed E-state index contributed by atoms with van der Waals surface area (Å²) in [5.74, 6) is -0.803. The summed E-state index contributed by atoms with van der Waals surface area (Å²) in [4.78, 5) is 215. The van der Waals surface area contributed by atoms with Crippen molar-refractivity contribution in [3.8, 4) is 0 Å². The highest BCUT2D eigenvalue weighted by Gasteiger charge is 2.43. The van der Waals surface area contributed by atoms with Crippen LogP contribution in [0.5, 0.6) is 0 Å². The average Bonchev–Trinajstić information content (AvgIpc) is 0.817. The number of hydrogen-bond donors (Lipinski definition) is 7. The van der Waals surface area contributed by atoms with Crippen molar-refractivity contribution in [1.29, 1.82) is 0 Å². The lowest BCUT2D eigenvalue weighted by Gasteiger charge is -2.31. The number of carbonyl (C=O) groups is 14. The van der Waals surface area contributed by atoms with E-state index in [-0.39, 0.29) is 126 Å². The summed E-state index contributed by atoms with van der Waals surface area (Å²) in [5.41, 5.74) is -0.934. The number of hydrogen-bond acceptors (Lipinski definition) is 35. The second-order valence-electron chi connectivity index (χ2n) is 26.6. The van der Waals surface area contributed by atoms with Crippen LogP contribution in [0.3, 0.4) is 0 Å². The molecule has 0 rings (SSSR count). The zero-order valence-corrected chi connectivity index (χ0v) is 65.7. The molecule has 0 aliphatic heterocycles. The molecule has 0 bridgehead atoms. The number of aliphatic imine (C=N–C) groups is 8. The minimum Gasteiger partial charge on any atom is -0.465 e. The maximum atomic E-state index is 13.5. The van der Waals surface area contributed by atoms with Gasteiger partial charge in [-0.1, -0.05) is 0 Å². The second kappa shape index (κ2) is 54.2. The number of rotatable bonds is 58. The van der Waals surface area contributed by atoms with Gasteiger partial charge in [0.1, 0.15) is 69.5 Å². The van der Waals surface area contributed by atoms with Gasteiger partial charge in [0.25, 0.3) is 11.8 Å². The van der Waals surface area contributed by atoms with Crippen LogP contribution in [0.15, 0.2) is 39.9 Å². The highest BCUT2D eigenvalue weighted by atomic mass is 16.6. The molecule has 0 saturated heterocycles. The normalized spacial score (nSPS) is 14.8. The van der Waals surface area contributed by atoms with Crippen LogP contribution in [0.1, 0.15) is 184 Å². The molecule has 37 heteroatoms. The average molecular weight is 1550 g/mol. The number of ketones is 4. The van der Waals surface area contributed by atoms with Gasteiger partial charge in [-0.3, -0.25) is 118 Å². The summed E-state index contributed by atoms with van der Waals surface area (Å²) in [6.07, 6.45) is -3.92. The Morgan fingerprint density at radius 3 is 0.633 bits per heavy atom. The number of aliphatic hydroxyl groups is 2. The monoisotopic (exact) mass is 1550 g/mol. The van der Waals surface area contributed by atoms with Gasteiger partial charge in [-0.25, -0.2) is 11.7 Å². The lowest BCUT2D eigenvalue weighted by Crippen LogP contribution is -2.52. The van der Waals surface area contributed by atoms with E-state index < -0.39 is 203 Å². The van der Waals surface area contributed by atoms with Crippen LogP contribution in [-0.2, 0) is 105 Å². The lowest BCUT2D eigenvalue weighted by atomic mass is 9.90. The predicted molar refractivity (Wildman–Crippen MR) is 402 cm³/mol. The van der Waals surface area contributed by atoms with Crippen LogP contribution in [0, 0.1) is 10.8 Å². The molecule has 612 valence electrons. The number of hydrazine groups is 2. The van der Waals surface area contributed by atoms with E-state index in [4.69, 9.17) is 49.6 Å². The predicted octanol–water partition coefficient (Wildman–Crippen LogP) is 1.88. The second-order valence-corrected chi connectivity index (χ2v) is 26.6. The van der Waals surface area contributed by atoms with Crippen molar-refractivity contribution in [2.75, 3.05) is 121 Å². The summed E-state index contributed by atoms with van der Waals surface area (Å²) in [5, 5.41) is 24.9. The van der Waals surface area contributed by atoms with Crippen molar-refractivity contribution in [1.82, 2.24) is 16.2 Å². The largest absolute Gasteiger partial charge is 0.465 e. The van der Waals surface area contributed by atoms with E-state index in [0.29, 0.717) is 28.6 Å². The van der Waals surface area contributed by atoms with Gasteiger partial charge in [0.15, 0.2) is 28.6 Å². The molecule has 0 radical (unpaired) electrons. The summed E-state index contributed by atoms with van der Waals surface area (Å²) in [6.45, 7) is 6.44. The highest BCUT2D eigenvalue weighted by Crippen LogP contribution is 2.26. The molecule has 0 fully saturated rings. The topological polar surface area (TPSA) is 540 Å². The first-order valence-electron chi connectivity index (χ1n) is 35.4. The van der Waals surface area contributed by atoms with Crippen LogP contribution >= 0.6 is 0 Å². The van der Waals surface area contributed by atoms with Gasteiger partial charge < -0.3 is 53.4 Å². The van der Waals surface area contributed by atoms with E-state index in [1.165, 1.54) is 27.8 Å². The van der Waals surface area contributed by atoms with Crippen molar-refractivity contribution >= 4 is 128 Å². The summed E-state index contributed by atoms with van der Waals surface area (Å²) < 4.78 is 45.0. The Morgan fingerprint density at radius 2 is 0.468 bits per heavy atom. The molecule has 9 N–H and O–H groups in total. The van der Waals surface area contributed by atoms with Gasteiger partial charge in [0.05, 0.1) is 77.5 Å². The molecule has 2 amide bonds. The molecule has 0 saturated carbocycles. The molecule has 2 atom stereocenters. The molecule has 37 nitrogen and oxygen atoms in total. The molecule has 0 aromatic rings. The molecular formula is C72H115N13O24. The minimum atomic E-state index is -2.69. The number of esters is 8.